The summed E-state index contributed by atoms with van der Waals surface area (Å²) in [7, 11) is 3.53. The van der Waals surface area contributed by atoms with Gasteiger partial charge in [-0.3, -0.25) is 14.4 Å². The Balaban J connectivity index is 1.37. The Hall–Kier alpha value is -5.11. The van der Waals surface area contributed by atoms with Crippen molar-refractivity contribution in [3.63, 3.8) is 0 Å². The number of aromatic nitrogens is 1. The number of para-hydroxylation sites is 1. The number of esters is 1. The molecule has 0 bridgehead atoms. The maximum absolute atomic E-state index is 13.5. The van der Waals surface area contributed by atoms with Crippen molar-refractivity contribution in [2.45, 2.75) is 12.3 Å². The molecule has 39 heavy (non-hydrogen) atoms. The van der Waals surface area contributed by atoms with Crippen molar-refractivity contribution in [2.75, 3.05) is 7.11 Å². The van der Waals surface area contributed by atoms with Gasteiger partial charge in [0.1, 0.15) is 22.8 Å². The van der Waals surface area contributed by atoms with Crippen LogP contribution in [-0.2, 0) is 11.8 Å². The highest BCUT2D eigenvalue weighted by atomic mass is 16.5. The van der Waals surface area contributed by atoms with E-state index in [4.69, 9.17) is 18.6 Å². The predicted molar refractivity (Wildman–Crippen MR) is 143 cm³/mol. The van der Waals surface area contributed by atoms with E-state index in [1.807, 2.05) is 36.0 Å². The lowest BCUT2D eigenvalue weighted by molar-refractivity contribution is -0.135. The normalized spacial score (nSPS) is 17.3. The Kier molecular flexibility index (Phi) is 5.00. The van der Waals surface area contributed by atoms with Crippen LogP contribution in [0.4, 0.5) is 0 Å². The van der Waals surface area contributed by atoms with E-state index in [1.165, 1.54) is 6.26 Å². The second kappa shape index (κ2) is 8.46. The fraction of sp³-hybridized carbons (Fsp3) is 0.129. The second-order valence-electron chi connectivity index (χ2n) is 9.62. The Morgan fingerprint density at radius 3 is 2.69 bits per heavy atom. The number of methoxy groups -OCH3 is 1. The number of hydrogen-bond donors (Lipinski definition) is 0. The lowest BCUT2D eigenvalue weighted by Crippen LogP contribution is -2.25. The minimum Gasteiger partial charge on any atom is -0.497 e. The summed E-state index contributed by atoms with van der Waals surface area (Å²) < 4.78 is 24.8. The molecular formula is C31H21NO7. The molecule has 0 saturated carbocycles. The van der Waals surface area contributed by atoms with E-state index in [2.05, 4.69) is 0 Å². The van der Waals surface area contributed by atoms with Crippen LogP contribution >= 0.6 is 0 Å². The lowest BCUT2D eigenvalue weighted by Gasteiger charge is -2.25. The third-order valence-electron chi connectivity index (χ3n) is 7.38. The number of carbonyl (C=O) groups is 2. The third kappa shape index (κ3) is 3.49. The smallest absolute Gasteiger partial charge is 0.312 e. The molecule has 8 nitrogen and oxygen atoms in total. The molecule has 1 unspecified atom stereocenters. The molecule has 0 spiro atoms. The molecule has 192 valence electrons. The second-order valence-corrected chi connectivity index (χ2v) is 9.62. The predicted octanol–water partition coefficient (Wildman–Crippen LogP) is 5.35. The van der Waals surface area contributed by atoms with Gasteiger partial charge in [0.2, 0.25) is 5.78 Å². The number of ether oxygens (including phenoxy) is 3. The zero-order chi connectivity index (χ0) is 26.8. The molecular weight excluding hydrogens is 498 g/mol. The van der Waals surface area contributed by atoms with Crippen molar-refractivity contribution in [3.8, 4) is 17.2 Å². The molecule has 7 rings (SSSR count). The van der Waals surface area contributed by atoms with E-state index in [-0.39, 0.29) is 34.9 Å². The minimum atomic E-state index is -0.703. The number of hydrogen-bond acceptors (Lipinski definition) is 7. The number of Topliss-reactive ketones (excluding diaryl/α,β-unsaturated/α-hetero) is 1. The summed E-state index contributed by atoms with van der Waals surface area (Å²) in [5.41, 5.74) is 3.08. The van der Waals surface area contributed by atoms with Gasteiger partial charge in [0, 0.05) is 46.8 Å². The number of benzene rings is 3. The van der Waals surface area contributed by atoms with Crippen LogP contribution in [0, 0.1) is 0 Å². The van der Waals surface area contributed by atoms with Gasteiger partial charge in [0.25, 0.3) is 0 Å². The van der Waals surface area contributed by atoms with Gasteiger partial charge in [0.05, 0.1) is 30.7 Å². The molecule has 0 N–H and O–H groups in total. The summed E-state index contributed by atoms with van der Waals surface area (Å²) in [5, 5.41) is 1.31. The summed E-state index contributed by atoms with van der Waals surface area (Å²) in [6.07, 6.45) is 4.90. The SMILES string of the molecule is COc1ccc2c(c1)c(/C=C1\Oc3c(ccc4c3C(c3coc5ccccc5c3=O)CC(=O)O4)C1=O)cn2C. The van der Waals surface area contributed by atoms with Gasteiger partial charge < -0.3 is 23.2 Å². The average Bonchev–Trinajstić information content (AvgIpc) is 3.43. The van der Waals surface area contributed by atoms with E-state index >= 15 is 0 Å². The highest BCUT2D eigenvalue weighted by Gasteiger charge is 2.39. The number of carbonyl (C=O) groups excluding carboxylic acids is 2. The number of nitrogens with zero attached hydrogens (tertiary/aromatic N) is 1. The largest absolute Gasteiger partial charge is 0.497 e. The van der Waals surface area contributed by atoms with Crippen molar-refractivity contribution < 1.29 is 28.2 Å². The lowest BCUT2D eigenvalue weighted by atomic mass is 9.85. The quantitative estimate of drug-likeness (QED) is 0.180. The van der Waals surface area contributed by atoms with Crippen LogP contribution in [0.1, 0.15) is 39.4 Å². The molecule has 8 heteroatoms. The molecule has 1 atom stereocenters. The molecule has 2 aliphatic heterocycles. The number of fused-ring (bicyclic) bond motifs is 5. The highest BCUT2D eigenvalue weighted by molar-refractivity contribution is 6.15. The van der Waals surface area contributed by atoms with Crippen molar-refractivity contribution >= 4 is 39.7 Å². The summed E-state index contributed by atoms with van der Waals surface area (Å²) in [6.45, 7) is 0. The van der Waals surface area contributed by atoms with Crippen LogP contribution in [0.2, 0.25) is 0 Å². The van der Waals surface area contributed by atoms with Crippen LogP contribution < -0.4 is 19.6 Å². The fourth-order valence-electron chi connectivity index (χ4n) is 5.49. The fourth-order valence-corrected chi connectivity index (χ4v) is 5.49. The molecule has 0 amide bonds. The van der Waals surface area contributed by atoms with Gasteiger partial charge in [-0.1, -0.05) is 12.1 Å². The molecule has 2 aromatic heterocycles. The molecule has 0 fully saturated rings. The molecule has 2 aliphatic rings. The monoisotopic (exact) mass is 519 g/mol. The molecule has 3 aromatic carbocycles. The molecule has 0 radical (unpaired) electrons. The first-order valence-electron chi connectivity index (χ1n) is 12.4. The minimum absolute atomic E-state index is 0.0910. The van der Waals surface area contributed by atoms with Gasteiger partial charge in [-0.25, -0.2) is 0 Å². The number of aryl methyl sites for hydroxylation is 1. The summed E-state index contributed by atoms with van der Waals surface area (Å²) in [5.74, 6) is -0.110. The van der Waals surface area contributed by atoms with Crippen LogP contribution in [0.25, 0.3) is 27.9 Å². The van der Waals surface area contributed by atoms with E-state index < -0.39 is 11.9 Å². The summed E-state index contributed by atoms with van der Waals surface area (Å²) in [6, 6.07) is 15.8. The van der Waals surface area contributed by atoms with Gasteiger partial charge in [-0.15, -0.1) is 0 Å². The number of allylic oxidation sites excluding steroid dienone is 1. The highest BCUT2D eigenvalue weighted by Crippen LogP contribution is 2.48. The van der Waals surface area contributed by atoms with Gasteiger partial charge >= 0.3 is 5.97 Å². The zero-order valence-corrected chi connectivity index (χ0v) is 21.0. The third-order valence-corrected chi connectivity index (χ3v) is 7.38. The van der Waals surface area contributed by atoms with E-state index in [0.29, 0.717) is 33.4 Å². The first-order valence-corrected chi connectivity index (χ1v) is 12.4. The topological polar surface area (TPSA) is 97.0 Å². The average molecular weight is 520 g/mol. The van der Waals surface area contributed by atoms with Gasteiger partial charge in [-0.05, 0) is 48.5 Å². The number of ketones is 1. The van der Waals surface area contributed by atoms with Crippen LogP contribution in [-0.4, -0.2) is 23.4 Å². The van der Waals surface area contributed by atoms with Crippen LogP contribution in [0.15, 0.2) is 82.0 Å². The summed E-state index contributed by atoms with van der Waals surface area (Å²) in [4.78, 5) is 39.5. The van der Waals surface area contributed by atoms with Gasteiger partial charge in [0.15, 0.2) is 11.2 Å². The first-order chi connectivity index (χ1) is 18.9. The Labute approximate surface area is 221 Å². The van der Waals surface area contributed by atoms with Crippen molar-refractivity contribution in [1.82, 2.24) is 4.57 Å². The molecule has 4 heterocycles. The van der Waals surface area contributed by atoms with Crippen LogP contribution in [0.5, 0.6) is 17.2 Å². The maximum atomic E-state index is 13.5. The zero-order valence-electron chi connectivity index (χ0n) is 21.0. The first kappa shape index (κ1) is 23.0. The van der Waals surface area contributed by atoms with E-state index in [1.54, 1.807) is 49.6 Å². The van der Waals surface area contributed by atoms with Gasteiger partial charge in [-0.2, -0.15) is 0 Å². The molecule has 0 aliphatic carbocycles. The van der Waals surface area contributed by atoms with E-state index in [9.17, 15) is 14.4 Å². The van der Waals surface area contributed by atoms with Crippen molar-refractivity contribution in [1.29, 1.82) is 0 Å². The molecule has 5 aromatic rings. The van der Waals surface area contributed by atoms with Crippen molar-refractivity contribution in [3.05, 3.63) is 105 Å². The molecule has 0 saturated heterocycles. The Morgan fingerprint density at radius 2 is 1.85 bits per heavy atom. The Morgan fingerprint density at radius 1 is 1.00 bits per heavy atom. The standard InChI is InChI=1S/C31H21NO7/c1-32-14-16(20-12-17(36-2)7-9-23(20)32)11-26-30(35)19-8-10-25-28(31(19)39-26)21(13-27(33)38-25)22-15-37-24-6-4-3-5-18(24)29(22)34/h3-12,14-15,21H,13H2,1-2H3/b26-11-. The Bertz CT molecular complexity index is 1960. The van der Waals surface area contributed by atoms with Crippen LogP contribution in [0.3, 0.4) is 0 Å². The summed E-state index contributed by atoms with van der Waals surface area (Å²) >= 11 is 0. The number of rotatable bonds is 3. The van der Waals surface area contributed by atoms with Crippen molar-refractivity contribution in [2.24, 2.45) is 7.05 Å². The maximum Gasteiger partial charge on any atom is 0.312 e. The van der Waals surface area contributed by atoms with E-state index in [0.717, 1.165) is 16.5 Å².